The van der Waals surface area contributed by atoms with Crippen molar-refractivity contribution >= 4 is 23.4 Å². The standard InChI is InChI=1S/C25H26ClF3N6O3/c1-15-4-7-35(33-15)20-10-16(26)2-3-18(20)22(25(27,28)29)38-17-11-21(32-31-13-17)34-8-5-24(6-9-34)12-19(23(36)37)30-14-24/h2-4,7,10-11,13,19,22,30H,5-6,8-9,12,14H2,1H3,(H,36,37)/t19-,22+/m0/s1. The topological polar surface area (TPSA) is 105 Å². The number of carbonyl (C=O) groups is 1. The number of halogens is 4. The van der Waals surface area contributed by atoms with Crippen molar-refractivity contribution in [2.45, 2.75) is 44.5 Å². The molecular weight excluding hydrogens is 525 g/mol. The van der Waals surface area contributed by atoms with Gasteiger partial charge in [-0.15, -0.1) is 5.10 Å². The minimum absolute atomic E-state index is 0.0800. The highest BCUT2D eigenvalue weighted by Gasteiger charge is 2.46. The lowest BCUT2D eigenvalue weighted by molar-refractivity contribution is -0.198. The van der Waals surface area contributed by atoms with Gasteiger partial charge in [0.2, 0.25) is 6.10 Å². The monoisotopic (exact) mass is 550 g/mol. The number of carboxylic acid groups (broad SMARTS) is 1. The van der Waals surface area contributed by atoms with Gasteiger partial charge < -0.3 is 20.1 Å². The van der Waals surface area contributed by atoms with Crippen molar-refractivity contribution in [3.05, 3.63) is 59.0 Å². The van der Waals surface area contributed by atoms with Crippen LogP contribution >= 0.6 is 11.6 Å². The quantitative estimate of drug-likeness (QED) is 0.467. The summed E-state index contributed by atoms with van der Waals surface area (Å²) in [6.07, 6.45) is -2.32. The molecule has 2 N–H and O–H groups in total. The van der Waals surface area contributed by atoms with Crippen LogP contribution in [-0.4, -0.2) is 62.9 Å². The Labute approximate surface area is 221 Å². The average molecular weight is 551 g/mol. The first-order valence-electron chi connectivity index (χ1n) is 12.1. The zero-order valence-corrected chi connectivity index (χ0v) is 21.2. The van der Waals surface area contributed by atoms with Crippen molar-refractivity contribution in [2.75, 3.05) is 24.5 Å². The van der Waals surface area contributed by atoms with Crippen LogP contribution in [0.3, 0.4) is 0 Å². The van der Waals surface area contributed by atoms with Crippen LogP contribution in [0.25, 0.3) is 5.69 Å². The normalized spacial score (nSPS) is 20.0. The Hall–Kier alpha value is -3.38. The first kappa shape index (κ1) is 26.2. The van der Waals surface area contributed by atoms with Crippen LogP contribution < -0.4 is 15.0 Å². The van der Waals surface area contributed by atoms with E-state index in [4.69, 9.17) is 16.3 Å². The fourth-order valence-electron chi connectivity index (χ4n) is 5.17. The summed E-state index contributed by atoms with van der Waals surface area (Å²) in [5.41, 5.74) is 0.531. The van der Waals surface area contributed by atoms with E-state index in [-0.39, 0.29) is 27.4 Å². The summed E-state index contributed by atoms with van der Waals surface area (Å²) in [6, 6.07) is 6.65. The molecule has 2 aliphatic heterocycles. The minimum atomic E-state index is -4.75. The summed E-state index contributed by atoms with van der Waals surface area (Å²) < 4.78 is 49.8. The van der Waals surface area contributed by atoms with Crippen LogP contribution in [0.2, 0.25) is 5.02 Å². The Balaban J connectivity index is 1.37. The van der Waals surface area contributed by atoms with Gasteiger partial charge in [0, 0.05) is 42.5 Å². The molecule has 2 saturated heterocycles. The van der Waals surface area contributed by atoms with Crippen molar-refractivity contribution in [2.24, 2.45) is 5.41 Å². The minimum Gasteiger partial charge on any atom is -0.480 e. The number of aliphatic carboxylic acids is 1. The molecule has 1 spiro atoms. The molecule has 2 atom stereocenters. The van der Waals surface area contributed by atoms with E-state index in [2.05, 4.69) is 20.6 Å². The SMILES string of the molecule is Cc1ccn(-c2cc(Cl)ccc2[C@@H](Oc2cnnc(N3CCC4(CC3)CN[C@H](C(=O)O)C4)c2)C(F)(F)F)n1. The second-order valence-electron chi connectivity index (χ2n) is 9.86. The first-order valence-corrected chi connectivity index (χ1v) is 12.5. The van der Waals surface area contributed by atoms with Crippen LogP contribution in [0.1, 0.15) is 36.6 Å². The molecule has 4 heterocycles. The maximum absolute atomic E-state index is 14.3. The number of nitrogens with zero attached hydrogens (tertiary/aromatic N) is 5. The molecule has 0 unspecified atom stereocenters. The van der Waals surface area contributed by atoms with Gasteiger partial charge in [0.05, 0.1) is 17.6 Å². The average Bonchev–Trinajstić information content (AvgIpc) is 3.49. The van der Waals surface area contributed by atoms with Crippen molar-refractivity contribution in [1.29, 1.82) is 0 Å². The van der Waals surface area contributed by atoms with Gasteiger partial charge in [-0.3, -0.25) is 4.79 Å². The first-order chi connectivity index (χ1) is 18.0. The number of anilines is 1. The number of hydrogen-bond donors (Lipinski definition) is 2. The summed E-state index contributed by atoms with van der Waals surface area (Å²) in [5.74, 6) is -0.535. The number of ether oxygens (including phenoxy) is 1. The molecule has 0 radical (unpaired) electrons. The maximum atomic E-state index is 14.3. The number of aryl methyl sites for hydroxylation is 1. The molecule has 2 fully saturated rings. The van der Waals surface area contributed by atoms with E-state index in [0.717, 1.165) is 19.0 Å². The molecule has 1 aromatic carbocycles. The van der Waals surface area contributed by atoms with E-state index in [1.54, 1.807) is 19.2 Å². The second-order valence-corrected chi connectivity index (χ2v) is 10.3. The Morgan fingerprint density at radius 1 is 1.26 bits per heavy atom. The van der Waals surface area contributed by atoms with Gasteiger partial charge in [0.25, 0.3) is 0 Å². The second kappa shape index (κ2) is 10.1. The third kappa shape index (κ3) is 5.41. The molecule has 0 bridgehead atoms. The lowest BCUT2D eigenvalue weighted by Gasteiger charge is -2.39. The number of carboxylic acids is 1. The number of piperidine rings is 1. The van der Waals surface area contributed by atoms with E-state index < -0.39 is 24.3 Å². The zero-order chi connectivity index (χ0) is 27.1. The number of rotatable bonds is 6. The van der Waals surface area contributed by atoms with Crippen LogP contribution in [0.15, 0.2) is 42.7 Å². The fraction of sp³-hybridized carbons (Fsp3) is 0.440. The summed E-state index contributed by atoms with van der Waals surface area (Å²) in [5, 5.41) is 24.9. The predicted octanol–water partition coefficient (Wildman–Crippen LogP) is 4.34. The van der Waals surface area contributed by atoms with Gasteiger partial charge in [-0.2, -0.15) is 23.4 Å². The predicted molar refractivity (Wildman–Crippen MR) is 133 cm³/mol. The van der Waals surface area contributed by atoms with Gasteiger partial charge in [0.1, 0.15) is 11.8 Å². The number of nitrogens with one attached hydrogen (secondary N) is 1. The van der Waals surface area contributed by atoms with E-state index >= 15 is 0 Å². The molecule has 0 aliphatic carbocycles. The number of hydrogen-bond acceptors (Lipinski definition) is 7. The molecule has 5 rings (SSSR count). The van der Waals surface area contributed by atoms with Crippen LogP contribution in [-0.2, 0) is 4.79 Å². The highest BCUT2D eigenvalue weighted by molar-refractivity contribution is 6.30. The number of aromatic nitrogens is 4. The molecule has 38 heavy (non-hydrogen) atoms. The lowest BCUT2D eigenvalue weighted by atomic mass is 9.76. The zero-order valence-electron chi connectivity index (χ0n) is 20.5. The van der Waals surface area contributed by atoms with Gasteiger partial charge >= 0.3 is 12.1 Å². The molecule has 9 nitrogen and oxygen atoms in total. The molecular formula is C25H26ClF3N6O3. The van der Waals surface area contributed by atoms with Crippen molar-refractivity contribution < 1.29 is 27.8 Å². The van der Waals surface area contributed by atoms with E-state index in [1.165, 1.54) is 28.9 Å². The Morgan fingerprint density at radius 2 is 2.03 bits per heavy atom. The van der Waals surface area contributed by atoms with Gasteiger partial charge in [-0.25, -0.2) is 4.68 Å². The van der Waals surface area contributed by atoms with Crippen LogP contribution in [0.4, 0.5) is 19.0 Å². The number of alkyl halides is 3. The van der Waals surface area contributed by atoms with Gasteiger partial charge in [-0.1, -0.05) is 17.7 Å². The molecule has 202 valence electrons. The summed E-state index contributed by atoms with van der Waals surface area (Å²) in [6.45, 7) is 3.52. The third-order valence-corrected chi connectivity index (χ3v) is 7.45. The van der Waals surface area contributed by atoms with E-state index in [1.807, 2.05) is 4.90 Å². The molecule has 0 amide bonds. The maximum Gasteiger partial charge on any atom is 0.429 e. The number of benzene rings is 1. The van der Waals surface area contributed by atoms with Gasteiger partial charge in [-0.05, 0) is 49.8 Å². The Kier molecular flexibility index (Phi) is 6.95. The molecule has 2 aliphatic rings. The molecule has 3 aromatic rings. The third-order valence-electron chi connectivity index (χ3n) is 7.22. The van der Waals surface area contributed by atoms with Crippen molar-refractivity contribution in [3.8, 4) is 11.4 Å². The molecule has 13 heteroatoms. The highest BCUT2D eigenvalue weighted by Crippen LogP contribution is 2.42. The van der Waals surface area contributed by atoms with Crippen molar-refractivity contribution in [1.82, 2.24) is 25.3 Å². The smallest absolute Gasteiger partial charge is 0.429 e. The Morgan fingerprint density at radius 3 is 2.66 bits per heavy atom. The largest absolute Gasteiger partial charge is 0.480 e. The van der Waals surface area contributed by atoms with E-state index in [9.17, 15) is 23.1 Å². The van der Waals surface area contributed by atoms with Gasteiger partial charge in [0.15, 0.2) is 5.82 Å². The van der Waals surface area contributed by atoms with E-state index in [0.29, 0.717) is 37.6 Å². The molecule has 0 saturated carbocycles. The fourth-order valence-corrected chi connectivity index (χ4v) is 5.34. The lowest BCUT2D eigenvalue weighted by Crippen LogP contribution is -2.41. The summed E-state index contributed by atoms with van der Waals surface area (Å²) >= 11 is 6.11. The Bertz CT molecular complexity index is 1330. The van der Waals surface area contributed by atoms with Crippen molar-refractivity contribution in [3.63, 3.8) is 0 Å². The highest BCUT2D eigenvalue weighted by atomic mass is 35.5. The molecule has 2 aromatic heterocycles. The summed E-state index contributed by atoms with van der Waals surface area (Å²) in [7, 11) is 0. The van der Waals surface area contributed by atoms with Crippen LogP contribution in [0, 0.1) is 12.3 Å². The van der Waals surface area contributed by atoms with Crippen LogP contribution in [0.5, 0.6) is 5.75 Å². The summed E-state index contributed by atoms with van der Waals surface area (Å²) in [4.78, 5) is 13.3.